The Morgan fingerprint density at radius 1 is 1.37 bits per heavy atom. The standard InChI is InChI=1S/C14H19NO4/c1-10(11-5-3-6-12(15)9-11)14(17)19-8-4-7-13(16)18-2/h3,5-6,9-10H,4,7-8,15H2,1-2H3. The lowest BCUT2D eigenvalue weighted by Crippen LogP contribution is -2.15. The van der Waals surface area contributed by atoms with Gasteiger partial charge in [0, 0.05) is 12.1 Å². The molecule has 0 fully saturated rings. The Balaban J connectivity index is 2.39. The molecule has 5 heteroatoms. The molecule has 1 aromatic carbocycles. The number of rotatable bonds is 6. The van der Waals surface area contributed by atoms with Gasteiger partial charge in [-0.1, -0.05) is 12.1 Å². The van der Waals surface area contributed by atoms with Crippen LogP contribution in [0.15, 0.2) is 24.3 Å². The number of esters is 2. The van der Waals surface area contributed by atoms with Crippen LogP contribution in [0.2, 0.25) is 0 Å². The van der Waals surface area contributed by atoms with E-state index in [4.69, 9.17) is 10.5 Å². The number of nitrogens with two attached hydrogens (primary N) is 1. The van der Waals surface area contributed by atoms with Gasteiger partial charge < -0.3 is 15.2 Å². The number of hydrogen-bond donors (Lipinski definition) is 1. The van der Waals surface area contributed by atoms with Gasteiger partial charge in [0.05, 0.1) is 19.6 Å². The maximum absolute atomic E-state index is 11.8. The molecular formula is C14H19NO4. The molecule has 0 aliphatic carbocycles. The first kappa shape index (κ1) is 15.0. The normalized spacial score (nSPS) is 11.7. The molecule has 1 atom stereocenters. The number of carbonyl (C=O) groups excluding carboxylic acids is 2. The molecule has 2 N–H and O–H groups in total. The Bertz CT molecular complexity index is 445. The van der Waals surface area contributed by atoms with Crippen LogP contribution in [0, 0.1) is 0 Å². The van der Waals surface area contributed by atoms with E-state index in [0.29, 0.717) is 12.1 Å². The molecule has 0 saturated heterocycles. The molecule has 0 spiro atoms. The van der Waals surface area contributed by atoms with E-state index in [1.54, 1.807) is 25.1 Å². The first-order valence-electron chi connectivity index (χ1n) is 6.13. The molecule has 0 aromatic heterocycles. The van der Waals surface area contributed by atoms with E-state index in [1.165, 1.54) is 7.11 Å². The van der Waals surface area contributed by atoms with Crippen LogP contribution >= 0.6 is 0 Å². The molecule has 0 radical (unpaired) electrons. The monoisotopic (exact) mass is 265 g/mol. The molecule has 1 rings (SSSR count). The predicted octanol–water partition coefficient (Wildman–Crippen LogP) is 1.87. The van der Waals surface area contributed by atoms with Crippen molar-refractivity contribution < 1.29 is 19.1 Å². The lowest BCUT2D eigenvalue weighted by molar-refractivity contribution is -0.147. The molecule has 0 aliphatic rings. The topological polar surface area (TPSA) is 78.6 Å². The lowest BCUT2D eigenvalue weighted by Gasteiger charge is -2.12. The van der Waals surface area contributed by atoms with Crippen LogP contribution < -0.4 is 5.73 Å². The van der Waals surface area contributed by atoms with E-state index in [9.17, 15) is 9.59 Å². The van der Waals surface area contributed by atoms with Crippen molar-refractivity contribution >= 4 is 17.6 Å². The number of ether oxygens (including phenoxy) is 2. The highest BCUT2D eigenvalue weighted by molar-refractivity contribution is 5.78. The average molecular weight is 265 g/mol. The molecule has 0 saturated carbocycles. The molecule has 19 heavy (non-hydrogen) atoms. The summed E-state index contributed by atoms with van der Waals surface area (Å²) in [5.74, 6) is -1.00. The van der Waals surface area contributed by atoms with Crippen molar-refractivity contribution in [3.8, 4) is 0 Å². The van der Waals surface area contributed by atoms with Gasteiger partial charge in [-0.2, -0.15) is 0 Å². The van der Waals surface area contributed by atoms with Crippen molar-refractivity contribution in [2.45, 2.75) is 25.7 Å². The average Bonchev–Trinajstić information content (AvgIpc) is 2.42. The predicted molar refractivity (Wildman–Crippen MR) is 71.5 cm³/mol. The quantitative estimate of drug-likeness (QED) is 0.482. The van der Waals surface area contributed by atoms with Crippen molar-refractivity contribution in [3.05, 3.63) is 29.8 Å². The fourth-order valence-electron chi connectivity index (χ4n) is 1.58. The minimum absolute atomic E-state index is 0.209. The maximum atomic E-state index is 11.8. The van der Waals surface area contributed by atoms with Gasteiger partial charge in [-0.15, -0.1) is 0 Å². The van der Waals surface area contributed by atoms with Crippen LogP contribution in [-0.2, 0) is 19.1 Å². The Labute approximate surface area is 112 Å². The SMILES string of the molecule is COC(=O)CCCOC(=O)C(C)c1cccc(N)c1. The Kier molecular flexibility index (Phi) is 5.85. The lowest BCUT2D eigenvalue weighted by atomic mass is 10.0. The minimum atomic E-state index is -0.373. The highest BCUT2D eigenvalue weighted by Crippen LogP contribution is 2.19. The zero-order valence-electron chi connectivity index (χ0n) is 11.2. The molecular weight excluding hydrogens is 246 g/mol. The van der Waals surface area contributed by atoms with E-state index >= 15 is 0 Å². The zero-order valence-corrected chi connectivity index (χ0v) is 11.2. The first-order valence-corrected chi connectivity index (χ1v) is 6.13. The second-order valence-electron chi connectivity index (χ2n) is 4.24. The van der Waals surface area contributed by atoms with E-state index in [0.717, 1.165) is 5.56 Å². The summed E-state index contributed by atoms with van der Waals surface area (Å²) in [6.45, 7) is 1.97. The summed E-state index contributed by atoms with van der Waals surface area (Å²) in [6.07, 6.45) is 0.707. The van der Waals surface area contributed by atoms with Crippen LogP contribution in [0.3, 0.4) is 0 Å². The summed E-state index contributed by atoms with van der Waals surface area (Å²) >= 11 is 0. The summed E-state index contributed by atoms with van der Waals surface area (Å²) in [5, 5.41) is 0. The fourth-order valence-corrected chi connectivity index (χ4v) is 1.58. The Morgan fingerprint density at radius 3 is 2.74 bits per heavy atom. The summed E-state index contributed by atoms with van der Waals surface area (Å²) < 4.78 is 9.60. The third-order valence-corrected chi connectivity index (χ3v) is 2.76. The van der Waals surface area contributed by atoms with Crippen LogP contribution in [0.5, 0.6) is 0 Å². The number of anilines is 1. The number of hydrogen-bond acceptors (Lipinski definition) is 5. The molecule has 0 bridgehead atoms. The molecule has 0 amide bonds. The minimum Gasteiger partial charge on any atom is -0.469 e. The van der Waals surface area contributed by atoms with Crippen molar-refractivity contribution in [3.63, 3.8) is 0 Å². The number of carbonyl (C=O) groups is 2. The fraction of sp³-hybridized carbons (Fsp3) is 0.429. The van der Waals surface area contributed by atoms with Gasteiger partial charge in [-0.05, 0) is 31.0 Å². The van der Waals surface area contributed by atoms with Gasteiger partial charge in [0.2, 0.25) is 0 Å². The van der Waals surface area contributed by atoms with Crippen LogP contribution in [0.4, 0.5) is 5.69 Å². The van der Waals surface area contributed by atoms with Crippen molar-refractivity contribution in [2.24, 2.45) is 0 Å². The maximum Gasteiger partial charge on any atom is 0.313 e. The van der Waals surface area contributed by atoms with Crippen molar-refractivity contribution in [1.82, 2.24) is 0 Å². The smallest absolute Gasteiger partial charge is 0.313 e. The Hall–Kier alpha value is -2.04. The molecule has 0 aliphatic heterocycles. The second kappa shape index (κ2) is 7.41. The third-order valence-electron chi connectivity index (χ3n) is 2.76. The summed E-state index contributed by atoms with van der Waals surface area (Å²) in [5.41, 5.74) is 7.09. The highest BCUT2D eigenvalue weighted by Gasteiger charge is 2.16. The number of nitrogen functional groups attached to an aromatic ring is 1. The summed E-state index contributed by atoms with van der Waals surface area (Å²) in [6, 6.07) is 7.14. The first-order chi connectivity index (χ1) is 9.04. The van der Waals surface area contributed by atoms with E-state index in [-0.39, 0.29) is 30.9 Å². The van der Waals surface area contributed by atoms with Crippen LogP contribution in [0.25, 0.3) is 0 Å². The zero-order chi connectivity index (χ0) is 14.3. The second-order valence-corrected chi connectivity index (χ2v) is 4.24. The van der Waals surface area contributed by atoms with Gasteiger partial charge in [0.1, 0.15) is 0 Å². The molecule has 5 nitrogen and oxygen atoms in total. The Morgan fingerprint density at radius 2 is 2.11 bits per heavy atom. The van der Waals surface area contributed by atoms with Crippen molar-refractivity contribution in [2.75, 3.05) is 19.5 Å². The van der Waals surface area contributed by atoms with E-state index in [2.05, 4.69) is 4.74 Å². The largest absolute Gasteiger partial charge is 0.469 e. The van der Waals surface area contributed by atoms with Gasteiger partial charge in [0.15, 0.2) is 0 Å². The van der Waals surface area contributed by atoms with Crippen LogP contribution in [0.1, 0.15) is 31.2 Å². The summed E-state index contributed by atoms with van der Waals surface area (Å²) in [4.78, 5) is 22.7. The van der Waals surface area contributed by atoms with Crippen molar-refractivity contribution in [1.29, 1.82) is 0 Å². The van der Waals surface area contributed by atoms with Gasteiger partial charge in [-0.25, -0.2) is 0 Å². The van der Waals surface area contributed by atoms with Crippen LogP contribution in [-0.4, -0.2) is 25.7 Å². The molecule has 1 aromatic rings. The molecule has 0 heterocycles. The number of benzene rings is 1. The van der Waals surface area contributed by atoms with E-state index in [1.807, 2.05) is 6.07 Å². The summed E-state index contributed by atoms with van der Waals surface area (Å²) in [7, 11) is 1.33. The van der Waals surface area contributed by atoms with Gasteiger partial charge >= 0.3 is 11.9 Å². The van der Waals surface area contributed by atoms with Gasteiger partial charge in [-0.3, -0.25) is 9.59 Å². The number of methoxy groups -OCH3 is 1. The van der Waals surface area contributed by atoms with E-state index < -0.39 is 0 Å². The molecule has 104 valence electrons. The van der Waals surface area contributed by atoms with Gasteiger partial charge in [0.25, 0.3) is 0 Å². The highest BCUT2D eigenvalue weighted by atomic mass is 16.5. The third kappa shape index (κ3) is 4.99. The molecule has 1 unspecified atom stereocenters.